The third-order valence-electron chi connectivity index (χ3n) is 8.98. The number of nitrogens with zero attached hydrogens (tertiary/aromatic N) is 5. The maximum Gasteiger partial charge on any atom is 0.354 e. The van der Waals surface area contributed by atoms with E-state index >= 15 is 0 Å². The Labute approximate surface area is 299 Å². The van der Waals surface area contributed by atoms with Crippen LogP contribution in [0.4, 0.5) is 0 Å². The van der Waals surface area contributed by atoms with E-state index in [0.717, 1.165) is 32.3 Å². The Hall–Kier alpha value is -4.30. The molecule has 14 heteroatoms. The zero-order chi connectivity index (χ0) is 35.9. The van der Waals surface area contributed by atoms with E-state index in [9.17, 15) is 23.4 Å². The van der Waals surface area contributed by atoms with Crippen LogP contribution in [0.5, 0.6) is 5.75 Å². The van der Waals surface area contributed by atoms with E-state index in [1.807, 2.05) is 43.3 Å². The number of fused-ring (bicyclic) bond motifs is 2. The Kier molecular flexibility index (Phi) is 10.0. The summed E-state index contributed by atoms with van der Waals surface area (Å²) in [6.45, 7) is 1.80. The van der Waals surface area contributed by atoms with Gasteiger partial charge in [0.25, 0.3) is 0 Å². The summed E-state index contributed by atoms with van der Waals surface area (Å²) in [7, 11) is 2.82. The molecule has 0 aliphatic heterocycles. The van der Waals surface area contributed by atoms with E-state index in [0.29, 0.717) is 63.0 Å². The van der Waals surface area contributed by atoms with E-state index in [4.69, 9.17) is 16.3 Å². The number of aliphatic hydroxyl groups excluding tert-OH is 1. The third-order valence-corrected chi connectivity index (χ3v) is 11.8. The van der Waals surface area contributed by atoms with Crippen LogP contribution in [-0.4, -0.2) is 62.4 Å². The minimum atomic E-state index is -3.77. The fourth-order valence-electron chi connectivity index (χ4n) is 6.57. The molecule has 0 aliphatic carbocycles. The third kappa shape index (κ3) is 6.74. The van der Waals surface area contributed by atoms with Crippen molar-refractivity contribution < 1.29 is 28.2 Å². The lowest BCUT2D eigenvalue weighted by atomic mass is 9.98. The van der Waals surface area contributed by atoms with Crippen molar-refractivity contribution in [1.29, 1.82) is 0 Å². The number of hydrogen-bond acceptors (Lipinski definition) is 9. The molecular formula is C36H38ClN5O6S2. The molecule has 0 bridgehead atoms. The van der Waals surface area contributed by atoms with Gasteiger partial charge in [-0.25, -0.2) is 13.2 Å². The number of thioether (sulfide) groups is 1. The molecule has 0 saturated heterocycles. The molecule has 0 fully saturated rings. The second-order valence-electron chi connectivity index (χ2n) is 12.3. The van der Waals surface area contributed by atoms with Crippen molar-refractivity contribution in [3.8, 4) is 16.9 Å². The summed E-state index contributed by atoms with van der Waals surface area (Å²) in [5.74, 6) is -0.440. The van der Waals surface area contributed by atoms with Crippen LogP contribution in [0.3, 0.4) is 0 Å². The smallest absolute Gasteiger partial charge is 0.354 e. The number of ether oxygens (including phenoxy) is 1. The van der Waals surface area contributed by atoms with Crippen molar-refractivity contribution in [3.63, 3.8) is 0 Å². The van der Waals surface area contributed by atoms with Crippen LogP contribution in [0.2, 0.25) is 5.02 Å². The van der Waals surface area contributed by atoms with Crippen LogP contribution in [0.1, 0.15) is 45.2 Å². The second-order valence-corrected chi connectivity index (χ2v) is 15.8. The molecule has 3 aromatic heterocycles. The number of aromatic nitrogens is 5. The molecule has 262 valence electrons. The zero-order valence-electron chi connectivity index (χ0n) is 28.4. The summed E-state index contributed by atoms with van der Waals surface area (Å²) >= 11 is 8.42. The Morgan fingerprint density at radius 1 is 0.980 bits per heavy atom. The van der Waals surface area contributed by atoms with Crippen molar-refractivity contribution in [2.75, 3.05) is 13.7 Å². The number of halogens is 1. The summed E-state index contributed by atoms with van der Waals surface area (Å²) in [6, 6.07) is 16.7. The van der Waals surface area contributed by atoms with Crippen LogP contribution in [0.25, 0.3) is 32.8 Å². The van der Waals surface area contributed by atoms with Gasteiger partial charge in [0.05, 0.1) is 40.5 Å². The highest BCUT2D eigenvalue weighted by atomic mass is 35.5. The second kappa shape index (κ2) is 14.1. The number of carbonyl (C=O) groups excluding carboxylic acids is 1. The number of carbonyl (C=O) groups is 1. The molecule has 3 aromatic carbocycles. The van der Waals surface area contributed by atoms with Crippen molar-refractivity contribution in [1.82, 2.24) is 24.1 Å². The zero-order valence-corrected chi connectivity index (χ0v) is 30.8. The molecular weight excluding hydrogens is 698 g/mol. The number of aliphatic hydroxyl groups is 1. The number of phenolic OH excluding ortho intramolecular Hbond substituents is 1. The number of hydrogen-bond donors (Lipinski definition) is 2. The molecule has 0 radical (unpaired) electrons. The first-order valence-corrected chi connectivity index (χ1v) is 19.1. The van der Waals surface area contributed by atoms with Gasteiger partial charge in [-0.05, 0) is 55.0 Å². The number of benzene rings is 3. The number of aryl methyl sites for hydroxylation is 4. The van der Waals surface area contributed by atoms with Gasteiger partial charge < -0.3 is 19.5 Å². The average Bonchev–Trinajstić information content (AvgIpc) is 3.66. The summed E-state index contributed by atoms with van der Waals surface area (Å²) < 4.78 is 37.8. The van der Waals surface area contributed by atoms with E-state index in [1.165, 1.54) is 18.9 Å². The van der Waals surface area contributed by atoms with Gasteiger partial charge >= 0.3 is 5.97 Å². The maximum atomic E-state index is 13.8. The number of esters is 1. The first-order chi connectivity index (χ1) is 23.8. The van der Waals surface area contributed by atoms with Gasteiger partial charge in [0.2, 0.25) is 0 Å². The molecule has 0 amide bonds. The van der Waals surface area contributed by atoms with Crippen LogP contribution >= 0.6 is 23.4 Å². The number of sulfone groups is 1. The topological polar surface area (TPSA) is 141 Å². The molecule has 6 aromatic rings. The highest BCUT2D eigenvalue weighted by molar-refractivity contribution is 7.98. The molecule has 3 heterocycles. The van der Waals surface area contributed by atoms with E-state index in [1.54, 1.807) is 53.3 Å². The lowest BCUT2D eigenvalue weighted by Crippen LogP contribution is -2.11. The van der Waals surface area contributed by atoms with Gasteiger partial charge in [0.15, 0.2) is 9.84 Å². The van der Waals surface area contributed by atoms with E-state index < -0.39 is 15.8 Å². The van der Waals surface area contributed by atoms with E-state index in [-0.39, 0.29) is 23.9 Å². The molecule has 11 nitrogen and oxygen atoms in total. The summed E-state index contributed by atoms with van der Waals surface area (Å²) in [5, 5.41) is 32.1. The molecule has 50 heavy (non-hydrogen) atoms. The first kappa shape index (κ1) is 35.5. The number of aromatic hydroxyl groups is 1. The van der Waals surface area contributed by atoms with Crippen molar-refractivity contribution in [2.24, 2.45) is 21.1 Å². The summed E-state index contributed by atoms with van der Waals surface area (Å²) in [4.78, 5) is 13.9. The monoisotopic (exact) mass is 735 g/mol. The molecule has 6 rings (SSSR count). The average molecular weight is 736 g/mol. The van der Waals surface area contributed by atoms with Crippen LogP contribution < -0.4 is 0 Å². The van der Waals surface area contributed by atoms with Crippen LogP contribution in [-0.2, 0) is 59.4 Å². The van der Waals surface area contributed by atoms with Crippen molar-refractivity contribution >= 4 is 60.8 Å². The van der Waals surface area contributed by atoms with Crippen molar-refractivity contribution in [2.45, 2.75) is 41.9 Å². The number of methoxy groups -OCH3 is 1. The number of phenols is 1. The Balaban J connectivity index is 1.30. The van der Waals surface area contributed by atoms with Gasteiger partial charge in [-0.3, -0.25) is 9.36 Å². The predicted octanol–water partition coefficient (Wildman–Crippen LogP) is 6.25. The molecule has 0 atom stereocenters. The number of rotatable bonds is 12. The maximum absolute atomic E-state index is 13.8. The van der Waals surface area contributed by atoms with Gasteiger partial charge in [0, 0.05) is 71.7 Å². The predicted molar refractivity (Wildman–Crippen MR) is 196 cm³/mol. The first-order valence-electron chi connectivity index (χ1n) is 15.9. The lowest BCUT2D eigenvalue weighted by Gasteiger charge is -2.12. The minimum Gasteiger partial charge on any atom is -0.507 e. The highest BCUT2D eigenvalue weighted by Gasteiger charge is 2.29. The van der Waals surface area contributed by atoms with Gasteiger partial charge in [0.1, 0.15) is 11.4 Å². The highest BCUT2D eigenvalue weighted by Crippen LogP contribution is 2.42. The Morgan fingerprint density at radius 3 is 2.48 bits per heavy atom. The normalized spacial score (nSPS) is 12.0. The summed E-state index contributed by atoms with van der Waals surface area (Å²) in [5.41, 5.74) is 5.15. The lowest BCUT2D eigenvalue weighted by molar-refractivity contribution is 0.0589. The molecule has 0 saturated carbocycles. The molecule has 2 N–H and O–H groups in total. The van der Waals surface area contributed by atoms with Crippen LogP contribution in [0, 0.1) is 6.92 Å². The SMILES string of the molecule is COC(=O)c1c(CCCO)c2ccc(Cl)c(-c3c(CS(=O)(=O)Cc4cc(CSc5cc(O)c6ccccc6c5)n(C)n4)nn(C)c3C)c2n1C. The largest absolute Gasteiger partial charge is 0.507 e. The van der Waals surface area contributed by atoms with Crippen LogP contribution in [0.15, 0.2) is 59.5 Å². The molecule has 0 spiro atoms. The van der Waals surface area contributed by atoms with Gasteiger partial charge in [-0.15, -0.1) is 11.8 Å². The minimum absolute atomic E-state index is 0.0488. The fourth-order valence-corrected chi connectivity index (χ4v) is 9.12. The molecule has 0 aliphatic rings. The molecule has 0 unspecified atom stereocenters. The quantitative estimate of drug-likeness (QED) is 0.110. The van der Waals surface area contributed by atoms with E-state index in [2.05, 4.69) is 10.2 Å². The standard InChI is InChI=1S/C36H38ClN5O6S2/c1-21-32(33-29(37)13-12-28-27(11-8-14-43)35(36(45)48-5)40(2)34(28)33)30(39-41(21)3)20-50(46,47)19-23-16-24(42(4)38-23)18-49-25-15-22-9-6-7-10-26(22)31(44)17-25/h6-7,9-10,12-13,15-17,43-44H,8,11,14,18-20H2,1-5H3. The van der Waals surface area contributed by atoms with Crippen molar-refractivity contribution in [3.05, 3.63) is 93.7 Å². The van der Waals surface area contributed by atoms with Gasteiger partial charge in [-0.2, -0.15) is 10.2 Å². The Bertz CT molecular complexity index is 2380. The fraction of sp³-hybridized carbons (Fsp3) is 0.306. The van der Waals surface area contributed by atoms with Gasteiger partial charge in [-0.1, -0.05) is 41.9 Å². The Morgan fingerprint density at radius 2 is 1.74 bits per heavy atom. The summed E-state index contributed by atoms with van der Waals surface area (Å²) in [6.07, 6.45) is 0.874.